The number of carbonyl (C=O) groups is 1. The number of hydrogen-bond acceptors (Lipinski definition) is 3. The van der Waals surface area contributed by atoms with E-state index in [4.69, 9.17) is 9.47 Å². The molecule has 0 radical (unpaired) electrons. The Balaban J connectivity index is 2.29. The van der Waals surface area contributed by atoms with E-state index in [1.165, 1.54) is 0 Å². The van der Waals surface area contributed by atoms with Gasteiger partial charge < -0.3 is 14.4 Å². The van der Waals surface area contributed by atoms with Gasteiger partial charge in [0.1, 0.15) is 0 Å². The van der Waals surface area contributed by atoms with Crippen LogP contribution in [0, 0.1) is 0 Å². The molecular formula is C20H27NO3Si. The lowest BCUT2D eigenvalue weighted by Gasteiger charge is -2.29. The van der Waals surface area contributed by atoms with E-state index in [9.17, 15) is 4.79 Å². The maximum atomic E-state index is 13.0. The highest BCUT2D eigenvalue weighted by atomic mass is 28.3. The molecule has 0 spiro atoms. The minimum Gasteiger partial charge on any atom is -0.493 e. The Kier molecular flexibility index (Phi) is 6.25. The lowest BCUT2D eigenvalue weighted by Crippen LogP contribution is -2.43. The summed E-state index contributed by atoms with van der Waals surface area (Å²) < 4.78 is 10.7. The van der Waals surface area contributed by atoms with Crippen LogP contribution in [0.1, 0.15) is 15.9 Å². The molecule has 134 valence electrons. The molecule has 1 amide bonds. The number of benzene rings is 2. The minimum atomic E-state index is -1.46. The summed E-state index contributed by atoms with van der Waals surface area (Å²) in [5.74, 6) is 1.44. The molecule has 0 aromatic heterocycles. The molecule has 5 heteroatoms. The van der Waals surface area contributed by atoms with Gasteiger partial charge in [-0.3, -0.25) is 4.79 Å². The maximum Gasteiger partial charge on any atom is 0.253 e. The number of nitrogens with zero attached hydrogens (tertiary/aromatic N) is 1. The van der Waals surface area contributed by atoms with Gasteiger partial charge in [-0.15, -0.1) is 0 Å². The minimum absolute atomic E-state index is 0.0674. The van der Waals surface area contributed by atoms with Crippen LogP contribution in [0.25, 0.3) is 0 Å². The zero-order chi connectivity index (χ0) is 18.4. The van der Waals surface area contributed by atoms with E-state index in [-0.39, 0.29) is 5.91 Å². The number of methoxy groups -OCH3 is 2. The predicted molar refractivity (Wildman–Crippen MR) is 104 cm³/mol. The molecule has 0 bridgehead atoms. The Morgan fingerprint density at radius 3 is 2.16 bits per heavy atom. The molecular weight excluding hydrogens is 330 g/mol. The smallest absolute Gasteiger partial charge is 0.253 e. The molecule has 0 aliphatic rings. The van der Waals surface area contributed by atoms with E-state index in [0.29, 0.717) is 18.0 Å². The van der Waals surface area contributed by atoms with Crippen LogP contribution >= 0.6 is 0 Å². The first-order valence-corrected chi connectivity index (χ1v) is 12.1. The fourth-order valence-electron chi connectivity index (χ4n) is 2.73. The zero-order valence-electron chi connectivity index (χ0n) is 15.7. The summed E-state index contributed by atoms with van der Waals surface area (Å²) >= 11 is 0. The van der Waals surface area contributed by atoms with Crippen molar-refractivity contribution in [2.75, 3.05) is 20.4 Å². The topological polar surface area (TPSA) is 38.8 Å². The van der Waals surface area contributed by atoms with Crippen LogP contribution in [0.5, 0.6) is 11.5 Å². The van der Waals surface area contributed by atoms with Gasteiger partial charge in [0.25, 0.3) is 5.91 Å². The molecule has 0 aliphatic heterocycles. The number of amides is 1. The van der Waals surface area contributed by atoms with E-state index < -0.39 is 8.07 Å². The molecule has 2 aromatic carbocycles. The molecule has 2 aromatic rings. The fourth-order valence-corrected chi connectivity index (χ4v) is 4.14. The summed E-state index contributed by atoms with van der Waals surface area (Å²) in [6.45, 7) is 7.37. The van der Waals surface area contributed by atoms with Crippen LogP contribution in [0.3, 0.4) is 0 Å². The Labute approximate surface area is 151 Å². The third-order valence-corrected chi connectivity index (χ3v) is 5.12. The number of rotatable bonds is 7. The van der Waals surface area contributed by atoms with Crippen molar-refractivity contribution in [2.45, 2.75) is 26.2 Å². The molecule has 4 nitrogen and oxygen atoms in total. The van der Waals surface area contributed by atoms with Crippen LogP contribution < -0.4 is 9.47 Å². The molecule has 0 N–H and O–H groups in total. The average Bonchev–Trinajstić information content (AvgIpc) is 2.60. The Hall–Kier alpha value is -2.27. The highest BCUT2D eigenvalue weighted by Gasteiger charge is 2.24. The van der Waals surface area contributed by atoms with Crippen molar-refractivity contribution in [2.24, 2.45) is 0 Å². The van der Waals surface area contributed by atoms with Gasteiger partial charge in [0, 0.05) is 18.3 Å². The third kappa shape index (κ3) is 5.36. The molecule has 0 saturated heterocycles. The van der Waals surface area contributed by atoms with Crippen LogP contribution in [-0.2, 0) is 6.54 Å². The summed E-state index contributed by atoms with van der Waals surface area (Å²) in [5.41, 5.74) is 1.75. The van der Waals surface area contributed by atoms with Gasteiger partial charge >= 0.3 is 0 Å². The van der Waals surface area contributed by atoms with Gasteiger partial charge in [-0.05, 0) is 29.8 Å². The van der Waals surface area contributed by atoms with Crippen molar-refractivity contribution in [1.29, 1.82) is 0 Å². The van der Waals surface area contributed by atoms with E-state index in [0.717, 1.165) is 17.3 Å². The van der Waals surface area contributed by atoms with E-state index in [2.05, 4.69) is 19.6 Å². The third-order valence-electron chi connectivity index (χ3n) is 3.79. The van der Waals surface area contributed by atoms with Crippen molar-refractivity contribution < 1.29 is 14.3 Å². The summed E-state index contributed by atoms with van der Waals surface area (Å²) in [6, 6.07) is 15.3. The summed E-state index contributed by atoms with van der Waals surface area (Å²) in [5, 5.41) is 0. The first kappa shape index (κ1) is 19.1. The largest absolute Gasteiger partial charge is 0.493 e. The predicted octanol–water partition coefficient (Wildman–Crippen LogP) is 4.22. The lowest BCUT2D eigenvalue weighted by molar-refractivity contribution is 0.0769. The van der Waals surface area contributed by atoms with Crippen molar-refractivity contribution in [1.82, 2.24) is 4.90 Å². The molecule has 2 rings (SSSR count). The number of carbonyl (C=O) groups excluding carboxylic acids is 1. The second-order valence-corrected chi connectivity index (χ2v) is 12.7. The molecule has 0 unspecified atom stereocenters. The average molecular weight is 358 g/mol. The lowest BCUT2D eigenvalue weighted by atomic mass is 10.1. The number of hydrogen-bond donors (Lipinski definition) is 0. The SMILES string of the molecule is COc1ccc(CN(C[Si](C)(C)C)C(=O)c2ccccc2)cc1OC. The Morgan fingerprint density at radius 1 is 0.960 bits per heavy atom. The van der Waals surface area contributed by atoms with Crippen LogP contribution in [0.4, 0.5) is 0 Å². The molecule has 0 saturated carbocycles. The first-order chi connectivity index (χ1) is 11.8. The standard InChI is InChI=1S/C20H27NO3Si/c1-23-18-12-11-16(13-19(18)24-2)14-21(15-25(3,4)5)20(22)17-9-7-6-8-10-17/h6-13H,14-15H2,1-5H3. The van der Waals surface area contributed by atoms with Crippen molar-refractivity contribution in [3.8, 4) is 11.5 Å². The summed E-state index contributed by atoms with van der Waals surface area (Å²) in [7, 11) is 1.78. The van der Waals surface area contributed by atoms with Crippen molar-refractivity contribution in [3.05, 3.63) is 59.7 Å². The zero-order valence-corrected chi connectivity index (χ0v) is 16.7. The van der Waals surface area contributed by atoms with Gasteiger partial charge in [0.05, 0.1) is 22.3 Å². The normalized spacial score (nSPS) is 11.1. The monoisotopic (exact) mass is 357 g/mol. The van der Waals surface area contributed by atoms with E-state index in [1.54, 1.807) is 14.2 Å². The molecule has 25 heavy (non-hydrogen) atoms. The van der Waals surface area contributed by atoms with Crippen molar-refractivity contribution >= 4 is 14.0 Å². The fraction of sp³-hybridized carbons (Fsp3) is 0.350. The van der Waals surface area contributed by atoms with Gasteiger partial charge in [-0.25, -0.2) is 0 Å². The maximum absolute atomic E-state index is 13.0. The van der Waals surface area contributed by atoms with Gasteiger partial charge in [-0.2, -0.15) is 0 Å². The second-order valence-electron chi connectivity index (χ2n) is 7.28. The molecule has 0 heterocycles. The van der Waals surface area contributed by atoms with Crippen molar-refractivity contribution in [3.63, 3.8) is 0 Å². The highest BCUT2D eigenvalue weighted by Crippen LogP contribution is 2.28. The van der Waals surface area contributed by atoms with Crippen LogP contribution in [0.15, 0.2) is 48.5 Å². The number of ether oxygens (including phenoxy) is 2. The second kappa shape index (κ2) is 8.21. The van der Waals surface area contributed by atoms with Gasteiger partial charge in [0.2, 0.25) is 0 Å². The Morgan fingerprint density at radius 2 is 1.60 bits per heavy atom. The highest BCUT2D eigenvalue weighted by molar-refractivity contribution is 6.76. The van der Waals surface area contributed by atoms with Gasteiger partial charge in [-0.1, -0.05) is 43.9 Å². The van der Waals surface area contributed by atoms with E-state index in [1.807, 2.05) is 53.4 Å². The molecule has 0 fully saturated rings. The summed E-state index contributed by atoms with van der Waals surface area (Å²) in [4.78, 5) is 14.9. The summed E-state index contributed by atoms with van der Waals surface area (Å²) in [6.07, 6.45) is 0.801. The quantitative estimate of drug-likeness (QED) is 0.696. The molecule has 0 aliphatic carbocycles. The first-order valence-electron chi connectivity index (χ1n) is 8.39. The molecule has 0 atom stereocenters. The van der Waals surface area contributed by atoms with Crippen LogP contribution in [0.2, 0.25) is 19.6 Å². The van der Waals surface area contributed by atoms with E-state index >= 15 is 0 Å². The van der Waals surface area contributed by atoms with Gasteiger partial charge in [0.15, 0.2) is 11.5 Å². The Bertz CT molecular complexity index is 711. The van der Waals surface area contributed by atoms with Crippen LogP contribution in [-0.4, -0.2) is 39.3 Å².